The van der Waals surface area contributed by atoms with Crippen LogP contribution in [0.25, 0.3) is 0 Å². The summed E-state index contributed by atoms with van der Waals surface area (Å²) in [7, 11) is 1.64. The SMILES string of the molecule is CCNC(=O)c1ccc(CN=C(N)NC(C)COC)cc1. The minimum Gasteiger partial charge on any atom is -0.383 e. The molecule has 4 N–H and O–H groups in total. The number of ether oxygens (including phenoxy) is 1. The lowest BCUT2D eigenvalue weighted by atomic mass is 10.1. The fourth-order valence-electron chi connectivity index (χ4n) is 1.79. The number of methoxy groups -OCH3 is 1. The number of hydrogen-bond acceptors (Lipinski definition) is 3. The van der Waals surface area contributed by atoms with Gasteiger partial charge in [0.05, 0.1) is 13.2 Å². The van der Waals surface area contributed by atoms with Crippen molar-refractivity contribution in [3.05, 3.63) is 35.4 Å². The Kier molecular flexibility index (Phi) is 7.25. The van der Waals surface area contributed by atoms with E-state index in [0.717, 1.165) is 5.56 Å². The van der Waals surface area contributed by atoms with E-state index in [4.69, 9.17) is 10.5 Å². The summed E-state index contributed by atoms with van der Waals surface area (Å²) in [6, 6.07) is 7.43. The summed E-state index contributed by atoms with van der Waals surface area (Å²) in [6.45, 7) is 5.51. The number of rotatable bonds is 7. The zero-order valence-corrected chi connectivity index (χ0v) is 12.8. The van der Waals surface area contributed by atoms with Gasteiger partial charge in [-0.25, -0.2) is 4.99 Å². The maximum Gasteiger partial charge on any atom is 0.251 e. The zero-order chi connectivity index (χ0) is 15.7. The van der Waals surface area contributed by atoms with Gasteiger partial charge in [-0.2, -0.15) is 0 Å². The second kappa shape index (κ2) is 8.97. The van der Waals surface area contributed by atoms with Crippen molar-refractivity contribution < 1.29 is 9.53 Å². The van der Waals surface area contributed by atoms with Crippen LogP contribution in [0.15, 0.2) is 29.3 Å². The van der Waals surface area contributed by atoms with E-state index in [-0.39, 0.29) is 11.9 Å². The van der Waals surface area contributed by atoms with Gasteiger partial charge in [0.2, 0.25) is 0 Å². The fourth-order valence-corrected chi connectivity index (χ4v) is 1.79. The van der Waals surface area contributed by atoms with Crippen LogP contribution in [0.2, 0.25) is 0 Å². The van der Waals surface area contributed by atoms with Crippen LogP contribution in [0.3, 0.4) is 0 Å². The van der Waals surface area contributed by atoms with Gasteiger partial charge in [-0.15, -0.1) is 0 Å². The molecule has 1 aromatic carbocycles. The number of nitrogens with zero attached hydrogens (tertiary/aromatic N) is 1. The number of aliphatic imine (C=N–C) groups is 1. The van der Waals surface area contributed by atoms with Crippen molar-refractivity contribution in [3.8, 4) is 0 Å². The van der Waals surface area contributed by atoms with Gasteiger partial charge in [0, 0.05) is 25.3 Å². The van der Waals surface area contributed by atoms with Crippen molar-refractivity contribution in [2.75, 3.05) is 20.3 Å². The van der Waals surface area contributed by atoms with Crippen molar-refractivity contribution in [1.82, 2.24) is 10.6 Å². The second-order valence-corrected chi connectivity index (χ2v) is 4.76. The summed E-state index contributed by atoms with van der Waals surface area (Å²) in [6.07, 6.45) is 0. The molecule has 0 aromatic heterocycles. The summed E-state index contributed by atoms with van der Waals surface area (Å²) in [5, 5.41) is 5.79. The molecule has 6 heteroatoms. The lowest BCUT2D eigenvalue weighted by molar-refractivity contribution is 0.0956. The number of nitrogens with one attached hydrogen (secondary N) is 2. The molecular formula is C15H24N4O2. The molecule has 0 bridgehead atoms. The zero-order valence-electron chi connectivity index (χ0n) is 12.8. The normalized spacial score (nSPS) is 12.8. The van der Waals surface area contributed by atoms with Crippen LogP contribution in [0.4, 0.5) is 0 Å². The minimum atomic E-state index is -0.0675. The Balaban J connectivity index is 2.53. The predicted molar refractivity (Wildman–Crippen MR) is 84.2 cm³/mol. The number of nitrogens with two attached hydrogens (primary N) is 1. The van der Waals surface area contributed by atoms with E-state index in [0.29, 0.717) is 31.2 Å². The second-order valence-electron chi connectivity index (χ2n) is 4.76. The average Bonchev–Trinajstić information content (AvgIpc) is 2.46. The van der Waals surface area contributed by atoms with E-state index in [1.807, 2.05) is 26.0 Å². The molecule has 0 radical (unpaired) electrons. The molecule has 0 aliphatic carbocycles. The topological polar surface area (TPSA) is 88.7 Å². The molecule has 0 aliphatic rings. The smallest absolute Gasteiger partial charge is 0.251 e. The third-order valence-electron chi connectivity index (χ3n) is 2.80. The predicted octanol–water partition coefficient (Wildman–Crippen LogP) is 0.876. The van der Waals surface area contributed by atoms with Crippen LogP contribution in [-0.2, 0) is 11.3 Å². The highest BCUT2D eigenvalue weighted by molar-refractivity contribution is 5.94. The van der Waals surface area contributed by atoms with Crippen LogP contribution in [0.1, 0.15) is 29.8 Å². The Bertz CT molecular complexity index is 471. The molecule has 0 spiro atoms. The third-order valence-corrected chi connectivity index (χ3v) is 2.80. The van der Waals surface area contributed by atoms with Crippen molar-refractivity contribution in [2.45, 2.75) is 26.4 Å². The average molecular weight is 292 g/mol. The molecular weight excluding hydrogens is 268 g/mol. The molecule has 0 fully saturated rings. The van der Waals surface area contributed by atoms with Crippen LogP contribution in [0, 0.1) is 0 Å². The minimum absolute atomic E-state index is 0.0675. The summed E-state index contributed by atoms with van der Waals surface area (Å²) in [5.74, 6) is 0.314. The van der Waals surface area contributed by atoms with Gasteiger partial charge in [-0.1, -0.05) is 12.1 Å². The molecule has 1 unspecified atom stereocenters. The van der Waals surface area contributed by atoms with E-state index in [9.17, 15) is 4.79 Å². The molecule has 116 valence electrons. The van der Waals surface area contributed by atoms with Crippen LogP contribution < -0.4 is 16.4 Å². The first-order valence-electron chi connectivity index (χ1n) is 6.99. The Morgan fingerprint density at radius 3 is 2.62 bits per heavy atom. The molecule has 1 aromatic rings. The molecule has 0 saturated heterocycles. The molecule has 0 aliphatic heterocycles. The Morgan fingerprint density at radius 1 is 1.38 bits per heavy atom. The lowest BCUT2D eigenvalue weighted by Gasteiger charge is -2.13. The van der Waals surface area contributed by atoms with Gasteiger partial charge in [-0.3, -0.25) is 4.79 Å². The maximum atomic E-state index is 11.6. The van der Waals surface area contributed by atoms with Crippen molar-refractivity contribution in [3.63, 3.8) is 0 Å². The molecule has 0 saturated carbocycles. The van der Waals surface area contributed by atoms with E-state index in [2.05, 4.69) is 15.6 Å². The molecule has 6 nitrogen and oxygen atoms in total. The van der Waals surface area contributed by atoms with Gasteiger partial charge in [-0.05, 0) is 31.5 Å². The molecule has 1 amide bonds. The number of carbonyl (C=O) groups excluding carboxylic acids is 1. The Labute approximate surface area is 125 Å². The molecule has 1 rings (SSSR count). The van der Waals surface area contributed by atoms with E-state index in [1.165, 1.54) is 0 Å². The largest absolute Gasteiger partial charge is 0.383 e. The van der Waals surface area contributed by atoms with E-state index < -0.39 is 0 Å². The number of carbonyl (C=O) groups is 1. The third kappa shape index (κ3) is 6.27. The maximum absolute atomic E-state index is 11.6. The first kappa shape index (κ1) is 17.0. The van der Waals surface area contributed by atoms with Gasteiger partial charge in [0.15, 0.2) is 5.96 Å². The highest BCUT2D eigenvalue weighted by Gasteiger charge is 2.04. The standard InChI is InChI=1S/C15H24N4O2/c1-4-17-14(20)13-7-5-12(6-8-13)9-18-15(16)19-11(2)10-21-3/h5-8,11H,4,9-10H2,1-3H3,(H,17,20)(H3,16,18,19). The number of guanidine groups is 1. The van der Waals surface area contributed by atoms with Crippen LogP contribution in [-0.4, -0.2) is 38.2 Å². The van der Waals surface area contributed by atoms with Gasteiger partial charge < -0.3 is 21.1 Å². The number of benzene rings is 1. The molecule has 21 heavy (non-hydrogen) atoms. The number of hydrogen-bond donors (Lipinski definition) is 3. The summed E-state index contributed by atoms with van der Waals surface area (Å²) in [5.41, 5.74) is 7.43. The summed E-state index contributed by atoms with van der Waals surface area (Å²) >= 11 is 0. The van der Waals surface area contributed by atoms with Gasteiger partial charge in [0.1, 0.15) is 0 Å². The highest BCUT2D eigenvalue weighted by atomic mass is 16.5. The summed E-state index contributed by atoms with van der Waals surface area (Å²) < 4.78 is 5.01. The van der Waals surface area contributed by atoms with E-state index >= 15 is 0 Å². The highest BCUT2D eigenvalue weighted by Crippen LogP contribution is 2.05. The van der Waals surface area contributed by atoms with Gasteiger partial charge >= 0.3 is 0 Å². The van der Waals surface area contributed by atoms with Crippen molar-refractivity contribution >= 4 is 11.9 Å². The van der Waals surface area contributed by atoms with E-state index in [1.54, 1.807) is 19.2 Å². The number of amides is 1. The first-order valence-corrected chi connectivity index (χ1v) is 6.99. The van der Waals surface area contributed by atoms with Crippen molar-refractivity contribution in [2.24, 2.45) is 10.7 Å². The fraction of sp³-hybridized carbons (Fsp3) is 0.467. The molecule has 1 atom stereocenters. The monoisotopic (exact) mass is 292 g/mol. The lowest BCUT2D eigenvalue weighted by Crippen LogP contribution is -2.40. The van der Waals surface area contributed by atoms with Crippen molar-refractivity contribution in [1.29, 1.82) is 0 Å². The Morgan fingerprint density at radius 2 is 2.05 bits per heavy atom. The summed E-state index contributed by atoms with van der Waals surface area (Å²) in [4.78, 5) is 15.9. The quantitative estimate of drug-likeness (QED) is 0.514. The Hall–Kier alpha value is -2.08. The molecule has 0 heterocycles. The van der Waals surface area contributed by atoms with Gasteiger partial charge in [0.25, 0.3) is 5.91 Å². The van der Waals surface area contributed by atoms with Crippen LogP contribution in [0.5, 0.6) is 0 Å². The first-order chi connectivity index (χ1) is 10.1. The van der Waals surface area contributed by atoms with Crippen LogP contribution >= 0.6 is 0 Å².